The van der Waals surface area contributed by atoms with Crippen LogP contribution in [0.25, 0.3) is 0 Å². The third-order valence-electron chi connectivity index (χ3n) is 2.38. The van der Waals surface area contributed by atoms with Gasteiger partial charge in [-0.25, -0.2) is 9.59 Å². The molecule has 0 aliphatic heterocycles. The maximum absolute atomic E-state index is 11.7. The first-order chi connectivity index (χ1) is 8.47. The summed E-state index contributed by atoms with van der Waals surface area (Å²) in [6.45, 7) is 1.58. The van der Waals surface area contributed by atoms with E-state index >= 15 is 0 Å². The first kappa shape index (κ1) is 14.6. The van der Waals surface area contributed by atoms with Crippen molar-refractivity contribution in [1.82, 2.24) is 0 Å². The Labute approximate surface area is 118 Å². The van der Waals surface area contributed by atoms with Crippen LogP contribution < -0.4 is 3.07 Å². The van der Waals surface area contributed by atoms with Crippen molar-refractivity contribution in [3.63, 3.8) is 0 Å². The summed E-state index contributed by atoms with van der Waals surface area (Å²) in [6.07, 6.45) is 0. The van der Waals surface area contributed by atoms with E-state index in [1.165, 1.54) is 13.2 Å². The third kappa shape index (κ3) is 2.50. The number of phenols is 1. The van der Waals surface area contributed by atoms with Crippen molar-refractivity contribution in [3.05, 3.63) is 22.8 Å². The van der Waals surface area contributed by atoms with Crippen LogP contribution in [0.15, 0.2) is 6.07 Å². The Morgan fingerprint density at radius 1 is 1.17 bits per heavy atom. The van der Waals surface area contributed by atoms with Crippen LogP contribution >= 0.6 is 23.0 Å². The summed E-state index contributed by atoms with van der Waals surface area (Å²) < 4.78 is 14.1. The van der Waals surface area contributed by atoms with Gasteiger partial charge in [0.15, 0.2) is 23.0 Å². The second-order valence-corrected chi connectivity index (χ2v) is 3.77. The molecule has 0 radical (unpaired) electrons. The summed E-state index contributed by atoms with van der Waals surface area (Å²) in [5, 5.41) is 9.78. The first-order valence-corrected chi connectivity index (χ1v) is 5.67. The highest BCUT2D eigenvalue weighted by Crippen LogP contribution is 2.34. The molecular weight excluding hydrogens is 355 g/mol. The van der Waals surface area contributed by atoms with Gasteiger partial charge in [-0.05, 0) is 6.92 Å². The molecule has 1 aromatic carbocycles. The summed E-state index contributed by atoms with van der Waals surface area (Å²) in [4.78, 5) is 23.3. The predicted molar refractivity (Wildman–Crippen MR) is 70.2 cm³/mol. The van der Waals surface area contributed by atoms with Crippen molar-refractivity contribution in [2.45, 2.75) is 6.92 Å². The smallest absolute Gasteiger partial charge is 0.342 e. The van der Waals surface area contributed by atoms with Crippen molar-refractivity contribution in [2.24, 2.45) is 0 Å². The Bertz CT molecular complexity index is 497. The van der Waals surface area contributed by atoms with Gasteiger partial charge in [-0.15, -0.1) is 0 Å². The van der Waals surface area contributed by atoms with Gasteiger partial charge in [0.25, 0.3) is 0 Å². The van der Waals surface area contributed by atoms with Crippen LogP contribution in [0.4, 0.5) is 0 Å². The van der Waals surface area contributed by atoms with Gasteiger partial charge < -0.3 is 17.6 Å². The predicted octanol–water partition coefficient (Wildman–Crippen LogP) is 2.00. The average molecular weight is 366 g/mol. The molecule has 1 aromatic rings. The lowest BCUT2D eigenvalue weighted by molar-refractivity contribution is 0.0551. The Hall–Kier alpha value is -1.51. The van der Waals surface area contributed by atoms with Crippen molar-refractivity contribution in [1.29, 1.82) is 0 Å². The Morgan fingerprint density at radius 3 is 2.11 bits per heavy atom. The van der Waals surface area contributed by atoms with Crippen molar-refractivity contribution in [3.8, 4) is 11.5 Å². The lowest BCUT2D eigenvalue weighted by Gasteiger charge is -2.13. The highest BCUT2D eigenvalue weighted by molar-refractivity contribution is 14.1. The Balaban J connectivity index is 3.63. The molecule has 0 atom stereocenters. The molecule has 0 saturated carbocycles. The van der Waals surface area contributed by atoms with E-state index in [1.807, 2.05) is 0 Å². The standard InChI is InChI=1S/C11H11IO6/c1-5-7(18-12)4-6(13)9(11(15)17-3)8(5)10(14)16-2/h4,13H,1-3H3. The molecule has 18 heavy (non-hydrogen) atoms. The van der Waals surface area contributed by atoms with Gasteiger partial charge in [0.1, 0.15) is 17.1 Å². The van der Waals surface area contributed by atoms with E-state index < -0.39 is 17.7 Å². The number of halogens is 1. The highest BCUT2D eigenvalue weighted by Gasteiger charge is 2.27. The summed E-state index contributed by atoms with van der Waals surface area (Å²) in [5.74, 6) is -1.71. The van der Waals surface area contributed by atoms with Crippen LogP contribution in [0.2, 0.25) is 0 Å². The van der Waals surface area contributed by atoms with E-state index in [0.717, 1.165) is 7.11 Å². The van der Waals surface area contributed by atoms with Crippen molar-refractivity contribution in [2.75, 3.05) is 14.2 Å². The van der Waals surface area contributed by atoms with Crippen molar-refractivity contribution < 1.29 is 27.2 Å². The van der Waals surface area contributed by atoms with Gasteiger partial charge in [0, 0.05) is 11.6 Å². The molecule has 1 rings (SSSR count). The van der Waals surface area contributed by atoms with Gasteiger partial charge in [0.05, 0.1) is 19.8 Å². The van der Waals surface area contributed by atoms with Crippen LogP contribution in [0.5, 0.6) is 11.5 Å². The molecule has 0 bridgehead atoms. The van der Waals surface area contributed by atoms with Crippen LogP contribution in [-0.2, 0) is 9.47 Å². The number of ether oxygens (including phenoxy) is 2. The lowest BCUT2D eigenvalue weighted by Crippen LogP contribution is -2.14. The highest BCUT2D eigenvalue weighted by atomic mass is 127. The largest absolute Gasteiger partial charge is 0.507 e. The molecule has 0 aromatic heterocycles. The maximum Gasteiger partial charge on any atom is 0.342 e. The zero-order valence-electron chi connectivity index (χ0n) is 9.94. The summed E-state index contributed by atoms with van der Waals surface area (Å²) in [5.41, 5.74) is 0.0736. The topological polar surface area (TPSA) is 82.1 Å². The third-order valence-corrected chi connectivity index (χ3v) is 2.86. The zero-order chi connectivity index (χ0) is 13.9. The molecule has 0 aliphatic carbocycles. The minimum Gasteiger partial charge on any atom is -0.507 e. The van der Waals surface area contributed by atoms with E-state index in [0.29, 0.717) is 5.56 Å². The van der Waals surface area contributed by atoms with Crippen LogP contribution in [0.3, 0.4) is 0 Å². The van der Waals surface area contributed by atoms with Crippen molar-refractivity contribution >= 4 is 34.9 Å². The fourth-order valence-electron chi connectivity index (χ4n) is 1.49. The molecule has 7 heteroatoms. The average Bonchev–Trinajstić information content (AvgIpc) is 2.38. The van der Waals surface area contributed by atoms with Gasteiger partial charge in [-0.1, -0.05) is 0 Å². The lowest BCUT2D eigenvalue weighted by atomic mass is 10.00. The fourth-order valence-corrected chi connectivity index (χ4v) is 1.95. The van der Waals surface area contributed by atoms with E-state index in [-0.39, 0.29) is 16.9 Å². The Kier molecular flexibility index (Phi) is 4.76. The Morgan fingerprint density at radius 2 is 1.67 bits per heavy atom. The number of carbonyl (C=O) groups excluding carboxylic acids is 2. The van der Waals surface area contributed by atoms with Gasteiger partial charge >= 0.3 is 11.9 Å². The fraction of sp³-hybridized carbons (Fsp3) is 0.273. The van der Waals surface area contributed by atoms with Gasteiger partial charge in [0.2, 0.25) is 0 Å². The second kappa shape index (κ2) is 5.89. The molecule has 0 spiro atoms. The first-order valence-electron chi connectivity index (χ1n) is 4.79. The molecular formula is C11H11IO6. The van der Waals surface area contributed by atoms with E-state index in [1.54, 1.807) is 29.9 Å². The number of carbonyl (C=O) groups is 2. The van der Waals surface area contributed by atoms with Crippen LogP contribution in [-0.4, -0.2) is 31.3 Å². The molecule has 0 unspecified atom stereocenters. The number of rotatable bonds is 3. The number of benzene rings is 1. The number of esters is 2. The van der Waals surface area contributed by atoms with Crippen LogP contribution in [0, 0.1) is 6.92 Å². The molecule has 0 aliphatic rings. The van der Waals surface area contributed by atoms with E-state index in [2.05, 4.69) is 9.47 Å². The minimum absolute atomic E-state index is 0.0731. The monoisotopic (exact) mass is 366 g/mol. The van der Waals surface area contributed by atoms with Gasteiger partial charge in [-0.3, -0.25) is 0 Å². The van der Waals surface area contributed by atoms with E-state index in [4.69, 9.17) is 3.07 Å². The number of aromatic hydroxyl groups is 1. The molecule has 1 N–H and O–H groups in total. The second-order valence-electron chi connectivity index (χ2n) is 3.33. The normalized spacial score (nSPS) is 9.78. The maximum atomic E-state index is 11.7. The summed E-state index contributed by atoms with van der Waals surface area (Å²) in [6, 6.07) is 1.24. The number of methoxy groups -OCH3 is 2. The summed E-state index contributed by atoms with van der Waals surface area (Å²) >= 11 is 1.61. The molecule has 0 saturated heterocycles. The van der Waals surface area contributed by atoms with E-state index in [9.17, 15) is 14.7 Å². The minimum atomic E-state index is -0.823. The number of hydrogen-bond acceptors (Lipinski definition) is 6. The quantitative estimate of drug-likeness (QED) is 0.651. The SMILES string of the molecule is COC(=O)c1c(O)cc(OI)c(C)c1C(=O)OC. The molecule has 0 amide bonds. The molecule has 0 heterocycles. The van der Waals surface area contributed by atoms with Crippen LogP contribution in [0.1, 0.15) is 26.3 Å². The number of phenolic OH excluding ortho intramolecular Hbond substituents is 1. The number of hydrogen-bond donors (Lipinski definition) is 1. The molecule has 6 nitrogen and oxygen atoms in total. The zero-order valence-corrected chi connectivity index (χ0v) is 12.1. The molecule has 98 valence electrons. The molecule has 0 fully saturated rings. The summed E-state index contributed by atoms with van der Waals surface area (Å²) in [7, 11) is 2.33. The van der Waals surface area contributed by atoms with Gasteiger partial charge in [-0.2, -0.15) is 0 Å².